The lowest BCUT2D eigenvalue weighted by Crippen LogP contribution is -2.35. The van der Waals surface area contributed by atoms with Crippen molar-refractivity contribution in [2.75, 3.05) is 41.0 Å². The van der Waals surface area contributed by atoms with Crippen LogP contribution in [-0.4, -0.2) is 62.0 Å². The van der Waals surface area contributed by atoms with Gasteiger partial charge in [0.1, 0.15) is 5.75 Å². The summed E-state index contributed by atoms with van der Waals surface area (Å²) in [5.74, 6) is 1.61. The van der Waals surface area contributed by atoms with Gasteiger partial charge in [-0.15, -0.1) is 10.2 Å². The molecule has 1 amide bonds. The first-order valence-corrected chi connectivity index (χ1v) is 8.03. The van der Waals surface area contributed by atoms with E-state index in [1.165, 1.54) is 0 Å². The maximum absolute atomic E-state index is 11.8. The fourth-order valence-corrected chi connectivity index (χ4v) is 2.20. The van der Waals surface area contributed by atoms with E-state index in [-0.39, 0.29) is 12.5 Å². The van der Waals surface area contributed by atoms with Gasteiger partial charge in [-0.1, -0.05) is 0 Å². The van der Waals surface area contributed by atoms with Crippen molar-refractivity contribution in [1.82, 2.24) is 20.4 Å². The minimum Gasteiger partial charge on any atom is -0.497 e. The van der Waals surface area contributed by atoms with E-state index in [9.17, 15) is 4.79 Å². The van der Waals surface area contributed by atoms with Gasteiger partial charge in [0, 0.05) is 25.8 Å². The molecule has 136 valence electrons. The molecule has 0 aliphatic heterocycles. The third kappa shape index (κ3) is 6.17. The zero-order valence-corrected chi connectivity index (χ0v) is 14.8. The first-order valence-electron chi connectivity index (χ1n) is 8.03. The highest BCUT2D eigenvalue weighted by Crippen LogP contribution is 2.21. The van der Waals surface area contributed by atoms with E-state index >= 15 is 0 Å². The fourth-order valence-electron chi connectivity index (χ4n) is 2.20. The largest absolute Gasteiger partial charge is 0.497 e. The maximum atomic E-state index is 11.8. The maximum Gasteiger partial charge on any atom is 0.247 e. The van der Waals surface area contributed by atoms with Gasteiger partial charge >= 0.3 is 0 Å². The van der Waals surface area contributed by atoms with Crippen LogP contribution in [0.5, 0.6) is 5.75 Å². The van der Waals surface area contributed by atoms with Gasteiger partial charge in [0.2, 0.25) is 17.7 Å². The Morgan fingerprint density at radius 2 is 2.00 bits per heavy atom. The zero-order chi connectivity index (χ0) is 18.1. The van der Waals surface area contributed by atoms with Gasteiger partial charge in [0.25, 0.3) is 0 Å². The molecule has 25 heavy (non-hydrogen) atoms. The first-order chi connectivity index (χ1) is 12.1. The lowest BCUT2D eigenvalue weighted by molar-refractivity contribution is -0.122. The number of rotatable bonds is 10. The molecule has 0 fully saturated rings. The van der Waals surface area contributed by atoms with Crippen molar-refractivity contribution in [2.45, 2.75) is 13.0 Å². The SMILES string of the molecule is COCCCNC(=O)CN(C)Cc1nnc(-c2ccc(OC)cc2)o1. The smallest absolute Gasteiger partial charge is 0.247 e. The number of hydrogen-bond donors (Lipinski definition) is 1. The van der Waals surface area contributed by atoms with Crippen LogP contribution < -0.4 is 10.1 Å². The van der Waals surface area contributed by atoms with Crippen LogP contribution in [0.25, 0.3) is 11.5 Å². The van der Waals surface area contributed by atoms with Gasteiger partial charge in [-0.2, -0.15) is 0 Å². The summed E-state index contributed by atoms with van der Waals surface area (Å²) >= 11 is 0. The van der Waals surface area contributed by atoms with E-state index in [1.54, 1.807) is 14.2 Å². The molecule has 2 rings (SSSR count). The van der Waals surface area contributed by atoms with Crippen molar-refractivity contribution in [1.29, 1.82) is 0 Å². The molecule has 0 atom stereocenters. The highest BCUT2D eigenvalue weighted by molar-refractivity contribution is 5.77. The molecule has 8 heteroatoms. The summed E-state index contributed by atoms with van der Waals surface area (Å²) in [6.45, 7) is 1.89. The molecule has 1 heterocycles. The van der Waals surface area contributed by atoms with Crippen molar-refractivity contribution in [3.63, 3.8) is 0 Å². The number of carbonyl (C=O) groups excluding carboxylic acids is 1. The predicted molar refractivity (Wildman–Crippen MR) is 92.1 cm³/mol. The highest BCUT2D eigenvalue weighted by atomic mass is 16.5. The number of methoxy groups -OCH3 is 2. The molecular formula is C17H24N4O4. The van der Waals surface area contributed by atoms with E-state index in [0.717, 1.165) is 17.7 Å². The second kappa shape index (κ2) is 9.75. The van der Waals surface area contributed by atoms with Crippen LogP contribution >= 0.6 is 0 Å². The average Bonchev–Trinajstić information content (AvgIpc) is 3.07. The minimum atomic E-state index is -0.0477. The Morgan fingerprint density at radius 1 is 1.24 bits per heavy atom. The highest BCUT2D eigenvalue weighted by Gasteiger charge is 2.13. The van der Waals surface area contributed by atoms with Gasteiger partial charge in [0.05, 0.1) is 20.2 Å². The van der Waals surface area contributed by atoms with Crippen LogP contribution in [0.15, 0.2) is 28.7 Å². The number of likely N-dealkylation sites (N-methyl/N-ethyl adjacent to an activating group) is 1. The predicted octanol–water partition coefficient (Wildman–Crippen LogP) is 1.33. The van der Waals surface area contributed by atoms with Gasteiger partial charge in [-0.3, -0.25) is 9.69 Å². The first kappa shape index (κ1) is 18.9. The Labute approximate surface area is 147 Å². The topological polar surface area (TPSA) is 89.7 Å². The quantitative estimate of drug-likeness (QED) is 0.648. The molecule has 0 bridgehead atoms. The van der Waals surface area contributed by atoms with Crippen LogP contribution in [0, 0.1) is 0 Å². The molecule has 1 aromatic heterocycles. The number of hydrogen-bond acceptors (Lipinski definition) is 7. The summed E-state index contributed by atoms with van der Waals surface area (Å²) in [5, 5.41) is 10.9. The molecule has 8 nitrogen and oxygen atoms in total. The van der Waals surface area contributed by atoms with Crippen molar-refractivity contribution in [2.24, 2.45) is 0 Å². The number of ether oxygens (including phenoxy) is 2. The Bertz CT molecular complexity index is 657. The molecule has 0 saturated carbocycles. The number of aromatic nitrogens is 2. The zero-order valence-electron chi connectivity index (χ0n) is 14.8. The van der Waals surface area contributed by atoms with Gasteiger partial charge in [0.15, 0.2) is 0 Å². The van der Waals surface area contributed by atoms with E-state index in [2.05, 4.69) is 15.5 Å². The Balaban J connectivity index is 1.82. The van der Waals surface area contributed by atoms with E-state index in [4.69, 9.17) is 13.9 Å². The summed E-state index contributed by atoms with van der Waals surface area (Å²) in [5.41, 5.74) is 0.818. The number of benzene rings is 1. The lowest BCUT2D eigenvalue weighted by atomic mass is 10.2. The molecule has 0 aliphatic carbocycles. The van der Waals surface area contributed by atoms with E-state index < -0.39 is 0 Å². The normalized spacial score (nSPS) is 10.9. The van der Waals surface area contributed by atoms with Crippen LogP contribution in [0.2, 0.25) is 0 Å². The molecule has 0 saturated heterocycles. The average molecular weight is 348 g/mol. The summed E-state index contributed by atoms with van der Waals surface area (Å²) in [7, 11) is 5.08. The standard InChI is InChI=1S/C17H24N4O4/c1-21(11-15(22)18-9-4-10-23-2)12-16-19-20-17(25-16)13-5-7-14(24-3)8-6-13/h5-8H,4,9-12H2,1-3H3,(H,18,22). The van der Waals surface area contributed by atoms with Crippen molar-refractivity contribution in [3.05, 3.63) is 30.2 Å². The lowest BCUT2D eigenvalue weighted by Gasteiger charge is -2.13. The molecule has 1 aromatic carbocycles. The second-order valence-electron chi connectivity index (χ2n) is 5.60. The summed E-state index contributed by atoms with van der Waals surface area (Å²) < 4.78 is 15.7. The van der Waals surface area contributed by atoms with Gasteiger partial charge in [-0.05, 0) is 37.7 Å². The summed E-state index contributed by atoms with van der Waals surface area (Å²) in [4.78, 5) is 13.6. The number of amides is 1. The molecular weight excluding hydrogens is 324 g/mol. The van der Waals surface area contributed by atoms with Gasteiger partial charge < -0.3 is 19.2 Å². The summed E-state index contributed by atoms with van der Waals surface area (Å²) in [6, 6.07) is 7.37. The molecule has 0 radical (unpaired) electrons. The molecule has 2 aromatic rings. The number of carbonyl (C=O) groups is 1. The molecule has 0 unspecified atom stereocenters. The van der Waals surface area contributed by atoms with E-state index in [1.807, 2.05) is 36.2 Å². The third-order valence-electron chi connectivity index (χ3n) is 3.47. The Hall–Kier alpha value is -2.45. The fraction of sp³-hybridized carbons (Fsp3) is 0.471. The second-order valence-corrected chi connectivity index (χ2v) is 5.60. The van der Waals surface area contributed by atoms with Crippen molar-refractivity contribution in [3.8, 4) is 17.2 Å². The van der Waals surface area contributed by atoms with Crippen LogP contribution in [0.3, 0.4) is 0 Å². The summed E-state index contributed by atoms with van der Waals surface area (Å²) in [6.07, 6.45) is 0.792. The number of nitrogens with one attached hydrogen (secondary N) is 1. The Kier molecular flexibility index (Phi) is 7.36. The Morgan fingerprint density at radius 3 is 2.68 bits per heavy atom. The molecule has 1 N–H and O–H groups in total. The van der Waals surface area contributed by atoms with Gasteiger partial charge in [-0.25, -0.2) is 0 Å². The number of nitrogens with zero attached hydrogens (tertiary/aromatic N) is 3. The van der Waals surface area contributed by atoms with Crippen LogP contribution in [0.1, 0.15) is 12.3 Å². The minimum absolute atomic E-state index is 0.0477. The third-order valence-corrected chi connectivity index (χ3v) is 3.47. The van der Waals surface area contributed by atoms with Crippen molar-refractivity contribution >= 4 is 5.91 Å². The monoisotopic (exact) mass is 348 g/mol. The van der Waals surface area contributed by atoms with Crippen molar-refractivity contribution < 1.29 is 18.7 Å². The van der Waals surface area contributed by atoms with Crippen LogP contribution in [0.4, 0.5) is 0 Å². The molecule has 0 aliphatic rings. The molecule has 0 spiro atoms. The van der Waals surface area contributed by atoms with E-state index in [0.29, 0.717) is 31.5 Å². The van der Waals surface area contributed by atoms with Crippen LogP contribution in [-0.2, 0) is 16.1 Å².